The maximum absolute atomic E-state index is 12.6. The zero-order valence-corrected chi connectivity index (χ0v) is 14.0. The van der Waals surface area contributed by atoms with Crippen molar-refractivity contribution < 1.29 is 4.79 Å². The molecule has 0 saturated heterocycles. The van der Waals surface area contributed by atoms with E-state index in [0.29, 0.717) is 29.5 Å². The summed E-state index contributed by atoms with van der Waals surface area (Å²) >= 11 is 0. The second kappa shape index (κ2) is 6.16. The molecule has 4 rings (SSSR count). The van der Waals surface area contributed by atoms with Crippen LogP contribution in [0.2, 0.25) is 0 Å². The highest BCUT2D eigenvalue weighted by molar-refractivity contribution is 5.96. The average molecular weight is 333 g/mol. The van der Waals surface area contributed by atoms with Crippen LogP contribution in [-0.2, 0) is 7.05 Å². The van der Waals surface area contributed by atoms with Gasteiger partial charge in [-0.2, -0.15) is 0 Å². The molecule has 2 aromatic heterocycles. The first-order chi connectivity index (χ1) is 12.1. The van der Waals surface area contributed by atoms with Crippen LogP contribution in [0.15, 0.2) is 59.7 Å². The summed E-state index contributed by atoms with van der Waals surface area (Å²) in [5.41, 5.74) is 1.46. The number of nitrogens with one attached hydrogen (secondary N) is 1. The Labute approximate surface area is 145 Å². The van der Waals surface area contributed by atoms with Crippen LogP contribution in [0.1, 0.15) is 28.4 Å². The molecule has 2 heterocycles. The van der Waals surface area contributed by atoms with Crippen LogP contribution in [0, 0.1) is 5.92 Å². The van der Waals surface area contributed by atoms with E-state index in [1.54, 1.807) is 25.4 Å². The van der Waals surface area contributed by atoms with Crippen molar-refractivity contribution in [2.75, 3.05) is 6.54 Å². The molecule has 1 amide bonds. The second-order valence-corrected chi connectivity index (χ2v) is 6.58. The molecule has 1 saturated carbocycles. The van der Waals surface area contributed by atoms with Gasteiger partial charge in [0.1, 0.15) is 5.69 Å². The van der Waals surface area contributed by atoms with Crippen molar-refractivity contribution in [2.24, 2.45) is 13.0 Å². The number of nitrogens with zero attached hydrogens (tertiary/aromatic N) is 2. The first-order valence-electron chi connectivity index (χ1n) is 8.42. The van der Waals surface area contributed by atoms with E-state index in [1.165, 1.54) is 10.1 Å². The van der Waals surface area contributed by atoms with Crippen LogP contribution < -0.4 is 10.9 Å². The summed E-state index contributed by atoms with van der Waals surface area (Å²) < 4.78 is 1.42. The number of pyridine rings is 2. The summed E-state index contributed by atoms with van der Waals surface area (Å²) in [7, 11) is 1.64. The third-order valence-electron chi connectivity index (χ3n) is 4.94. The molecule has 25 heavy (non-hydrogen) atoms. The number of amides is 1. The third kappa shape index (κ3) is 2.93. The number of carbonyl (C=O) groups is 1. The minimum atomic E-state index is -0.206. The normalized spacial score (nSPS) is 18.9. The first kappa shape index (κ1) is 15.6. The predicted molar refractivity (Wildman–Crippen MR) is 96.6 cm³/mol. The molecule has 5 nitrogen and oxygen atoms in total. The van der Waals surface area contributed by atoms with Crippen LogP contribution >= 0.6 is 0 Å². The van der Waals surface area contributed by atoms with Gasteiger partial charge < -0.3 is 9.88 Å². The van der Waals surface area contributed by atoms with Gasteiger partial charge in [0.15, 0.2) is 0 Å². The van der Waals surface area contributed by atoms with Gasteiger partial charge in [-0.15, -0.1) is 0 Å². The molecular formula is C20H19N3O2. The minimum absolute atomic E-state index is 0.150. The van der Waals surface area contributed by atoms with E-state index in [1.807, 2.05) is 30.5 Å². The van der Waals surface area contributed by atoms with Gasteiger partial charge in [0.2, 0.25) is 0 Å². The molecule has 3 aromatic rings. The summed E-state index contributed by atoms with van der Waals surface area (Å²) in [5.74, 6) is 0.697. The van der Waals surface area contributed by atoms with E-state index in [-0.39, 0.29) is 11.5 Å². The number of benzene rings is 1. The van der Waals surface area contributed by atoms with Crippen molar-refractivity contribution in [1.82, 2.24) is 14.9 Å². The predicted octanol–water partition coefficient (Wildman–Crippen LogP) is 2.47. The van der Waals surface area contributed by atoms with E-state index >= 15 is 0 Å². The molecule has 0 radical (unpaired) electrons. The molecule has 1 N–H and O–H groups in total. The Bertz CT molecular complexity index is 995. The molecular weight excluding hydrogens is 314 g/mol. The number of rotatable bonds is 4. The number of aromatic nitrogens is 2. The molecule has 0 bridgehead atoms. The van der Waals surface area contributed by atoms with Crippen LogP contribution in [0.4, 0.5) is 0 Å². The smallest absolute Gasteiger partial charge is 0.268 e. The van der Waals surface area contributed by atoms with Gasteiger partial charge in [-0.3, -0.25) is 14.6 Å². The maximum atomic E-state index is 12.6. The Morgan fingerprint density at radius 3 is 2.92 bits per heavy atom. The Morgan fingerprint density at radius 2 is 2.12 bits per heavy atom. The van der Waals surface area contributed by atoms with Crippen LogP contribution in [0.3, 0.4) is 0 Å². The summed E-state index contributed by atoms with van der Waals surface area (Å²) in [5, 5.41) is 4.39. The standard InChI is InChI=1S/C20H19N3O2/c1-23-18(10-13-5-2-3-7-16(13)20(23)25)19(24)22-12-15-9-17(15)14-6-4-8-21-11-14/h2-8,10-11,15,17H,9,12H2,1H3,(H,22,24)/t15-,17-/m0/s1. The Hall–Kier alpha value is -2.95. The molecule has 5 heteroatoms. The van der Waals surface area contributed by atoms with Crippen molar-refractivity contribution in [2.45, 2.75) is 12.3 Å². The fourth-order valence-electron chi connectivity index (χ4n) is 3.36. The lowest BCUT2D eigenvalue weighted by atomic mass is 10.1. The number of fused-ring (bicyclic) bond motifs is 1. The molecule has 1 aromatic carbocycles. The fourth-order valence-corrected chi connectivity index (χ4v) is 3.36. The molecule has 0 aliphatic heterocycles. The monoisotopic (exact) mass is 333 g/mol. The topological polar surface area (TPSA) is 64.0 Å². The summed E-state index contributed by atoms with van der Waals surface area (Å²) in [4.78, 5) is 29.1. The molecule has 1 aliphatic carbocycles. The summed E-state index contributed by atoms with van der Waals surface area (Å²) in [6, 6.07) is 13.1. The van der Waals surface area contributed by atoms with Crippen LogP contribution in [-0.4, -0.2) is 22.0 Å². The zero-order chi connectivity index (χ0) is 17.4. The van der Waals surface area contributed by atoms with Crippen molar-refractivity contribution in [3.05, 3.63) is 76.5 Å². The van der Waals surface area contributed by atoms with Gasteiger partial charge in [-0.1, -0.05) is 24.3 Å². The molecule has 126 valence electrons. The quantitative estimate of drug-likeness (QED) is 0.798. The summed E-state index contributed by atoms with van der Waals surface area (Å²) in [6.45, 7) is 0.611. The van der Waals surface area contributed by atoms with E-state index < -0.39 is 0 Å². The number of carbonyl (C=O) groups excluding carboxylic acids is 1. The maximum Gasteiger partial charge on any atom is 0.268 e. The van der Waals surface area contributed by atoms with E-state index in [2.05, 4.69) is 16.4 Å². The highest BCUT2D eigenvalue weighted by Crippen LogP contribution is 2.46. The van der Waals surface area contributed by atoms with E-state index in [4.69, 9.17) is 0 Å². The van der Waals surface area contributed by atoms with Gasteiger partial charge in [-0.25, -0.2) is 0 Å². The molecule has 0 spiro atoms. The minimum Gasteiger partial charge on any atom is -0.350 e. The zero-order valence-electron chi connectivity index (χ0n) is 14.0. The highest BCUT2D eigenvalue weighted by atomic mass is 16.2. The largest absolute Gasteiger partial charge is 0.350 e. The van der Waals surface area contributed by atoms with Gasteiger partial charge in [-0.05, 0) is 47.4 Å². The number of hydrogen-bond donors (Lipinski definition) is 1. The summed E-state index contributed by atoms with van der Waals surface area (Å²) in [6.07, 6.45) is 4.71. The Morgan fingerprint density at radius 1 is 1.28 bits per heavy atom. The molecule has 0 unspecified atom stereocenters. The highest BCUT2D eigenvalue weighted by Gasteiger charge is 2.38. The van der Waals surface area contributed by atoms with E-state index in [9.17, 15) is 9.59 Å². The van der Waals surface area contributed by atoms with Crippen molar-refractivity contribution in [3.63, 3.8) is 0 Å². The second-order valence-electron chi connectivity index (χ2n) is 6.58. The SMILES string of the molecule is Cn1c(C(=O)NC[C@@H]2C[C@H]2c2cccnc2)cc2ccccc2c1=O. The van der Waals surface area contributed by atoms with E-state index in [0.717, 1.165) is 11.8 Å². The number of hydrogen-bond acceptors (Lipinski definition) is 3. The molecule has 1 fully saturated rings. The van der Waals surface area contributed by atoms with Gasteiger partial charge in [0.25, 0.3) is 11.5 Å². The Balaban J connectivity index is 1.48. The van der Waals surface area contributed by atoms with Crippen molar-refractivity contribution in [1.29, 1.82) is 0 Å². The Kier molecular flexibility index (Phi) is 3.84. The van der Waals surface area contributed by atoms with Crippen LogP contribution in [0.5, 0.6) is 0 Å². The van der Waals surface area contributed by atoms with Gasteiger partial charge in [0, 0.05) is 31.4 Å². The van der Waals surface area contributed by atoms with Crippen molar-refractivity contribution in [3.8, 4) is 0 Å². The lowest BCUT2D eigenvalue weighted by Crippen LogP contribution is -2.32. The average Bonchev–Trinajstić information content (AvgIpc) is 3.43. The van der Waals surface area contributed by atoms with Gasteiger partial charge >= 0.3 is 0 Å². The van der Waals surface area contributed by atoms with Gasteiger partial charge in [0.05, 0.1) is 0 Å². The third-order valence-corrected chi connectivity index (χ3v) is 4.94. The lowest BCUT2D eigenvalue weighted by molar-refractivity contribution is 0.0942. The molecule has 2 atom stereocenters. The first-order valence-corrected chi connectivity index (χ1v) is 8.42. The van der Waals surface area contributed by atoms with Crippen molar-refractivity contribution >= 4 is 16.7 Å². The molecule has 1 aliphatic rings. The fraction of sp³-hybridized carbons (Fsp3) is 0.250. The lowest BCUT2D eigenvalue weighted by Gasteiger charge is -2.10. The van der Waals surface area contributed by atoms with Crippen LogP contribution in [0.25, 0.3) is 10.8 Å².